The smallest absolute Gasteiger partial charge is 0.343 e. The van der Waals surface area contributed by atoms with Crippen LogP contribution in [0.1, 0.15) is 207 Å². The minimum absolute atomic E-state index is 0.338. The lowest BCUT2D eigenvalue weighted by Crippen LogP contribution is -2.11. The van der Waals surface area contributed by atoms with Gasteiger partial charge in [0.2, 0.25) is 0 Å². The van der Waals surface area contributed by atoms with Gasteiger partial charge < -0.3 is 56.8 Å². The van der Waals surface area contributed by atoms with E-state index in [1.54, 1.807) is 133 Å². The molecule has 0 aliphatic carbocycles. The number of rotatable bonds is 55. The molecular weight excluding hydrogens is 1240 g/mol. The summed E-state index contributed by atoms with van der Waals surface area (Å²) in [6.07, 6.45) is 30.2. The zero-order valence-electron chi connectivity index (χ0n) is 57.4. The van der Waals surface area contributed by atoms with E-state index in [1.165, 1.54) is 25.0 Å². The molecule has 0 aliphatic heterocycles. The summed E-state index contributed by atoms with van der Waals surface area (Å²) in [4.78, 5) is 54.2. The maximum absolute atomic E-state index is 13.6. The van der Waals surface area contributed by atoms with E-state index in [9.17, 15) is 19.2 Å². The third-order valence-corrected chi connectivity index (χ3v) is 16.1. The Morgan fingerprint density at radius 3 is 0.714 bits per heavy atom. The highest BCUT2D eigenvalue weighted by atomic mass is 16.6. The van der Waals surface area contributed by atoms with Crippen molar-refractivity contribution in [3.8, 4) is 46.0 Å². The van der Waals surface area contributed by atoms with Crippen LogP contribution in [0.15, 0.2) is 185 Å². The minimum atomic E-state index is -0.519. The predicted octanol–water partition coefficient (Wildman–Crippen LogP) is 19.9. The van der Waals surface area contributed by atoms with E-state index in [0.29, 0.717) is 134 Å². The van der Waals surface area contributed by atoms with Gasteiger partial charge >= 0.3 is 23.9 Å². The Hall–Kier alpha value is -9.44. The summed E-state index contributed by atoms with van der Waals surface area (Å²) in [6.45, 7) is 19.2. The summed E-state index contributed by atoms with van der Waals surface area (Å²) in [5, 5.41) is 0. The molecule has 6 rings (SSSR count). The van der Waals surface area contributed by atoms with Gasteiger partial charge in [0.25, 0.3) is 0 Å². The fourth-order valence-corrected chi connectivity index (χ4v) is 10.6. The molecule has 0 fully saturated rings. The molecule has 0 atom stereocenters. The SMILES string of the molecule is C=COCCCCCCOc1ccc(C(=O)Oc2ccc(OC(=O)c3ccc(OCCCCCCOC=C)cc3)c(CCCCCCCCCCc3cc(OC(=O)c4ccc(OCCCCCCOC=C)cc4)ccc3OC(=O)c3ccc(OCCCCCCOC=C)cc3)c2)cc1. The molecule has 526 valence electrons. The van der Waals surface area contributed by atoms with Gasteiger partial charge in [-0.15, -0.1) is 0 Å². The van der Waals surface area contributed by atoms with Crippen LogP contribution in [0.5, 0.6) is 46.0 Å². The quantitative estimate of drug-likeness (QED) is 0.0152. The van der Waals surface area contributed by atoms with Gasteiger partial charge in [-0.05, 0) is 273 Å². The van der Waals surface area contributed by atoms with E-state index in [1.807, 2.05) is 0 Å². The largest absolute Gasteiger partial charge is 0.502 e. The van der Waals surface area contributed by atoms with Crippen molar-refractivity contribution in [3.05, 3.63) is 218 Å². The highest BCUT2D eigenvalue weighted by molar-refractivity contribution is 5.93. The van der Waals surface area contributed by atoms with Gasteiger partial charge in [0.15, 0.2) is 0 Å². The second-order valence-corrected chi connectivity index (χ2v) is 23.7. The Kier molecular flexibility index (Phi) is 38.2. The number of aryl methyl sites for hydroxylation is 2. The van der Waals surface area contributed by atoms with Crippen LogP contribution in [0.3, 0.4) is 0 Å². The Morgan fingerprint density at radius 2 is 0.459 bits per heavy atom. The van der Waals surface area contributed by atoms with Crippen LogP contribution in [0.2, 0.25) is 0 Å². The van der Waals surface area contributed by atoms with E-state index >= 15 is 0 Å². The molecule has 6 aromatic carbocycles. The molecule has 0 heterocycles. The third kappa shape index (κ3) is 31.6. The first-order valence-corrected chi connectivity index (χ1v) is 35.1. The Morgan fingerprint density at radius 1 is 0.245 bits per heavy atom. The molecule has 0 bridgehead atoms. The summed E-state index contributed by atoms with van der Waals surface area (Å²) >= 11 is 0. The lowest BCUT2D eigenvalue weighted by molar-refractivity contribution is 0.0718. The number of unbranched alkanes of at least 4 members (excludes halogenated alkanes) is 19. The van der Waals surface area contributed by atoms with Gasteiger partial charge in [-0.25, -0.2) is 19.2 Å². The van der Waals surface area contributed by atoms with Gasteiger partial charge in [0.1, 0.15) is 46.0 Å². The molecule has 0 unspecified atom stereocenters. The second-order valence-electron chi connectivity index (χ2n) is 23.7. The zero-order chi connectivity index (χ0) is 69.3. The zero-order valence-corrected chi connectivity index (χ0v) is 57.4. The summed E-state index contributed by atoms with van der Waals surface area (Å²) in [6, 6.07) is 37.9. The van der Waals surface area contributed by atoms with Gasteiger partial charge in [-0.3, -0.25) is 0 Å². The number of ether oxygens (including phenoxy) is 12. The molecule has 0 spiro atoms. The fraction of sp³-hybridized carbons (Fsp3) is 0.415. The van der Waals surface area contributed by atoms with Crippen LogP contribution in [0.25, 0.3) is 0 Å². The van der Waals surface area contributed by atoms with Crippen molar-refractivity contribution in [1.82, 2.24) is 0 Å². The maximum atomic E-state index is 13.6. The lowest BCUT2D eigenvalue weighted by atomic mass is 10.0. The van der Waals surface area contributed by atoms with Crippen molar-refractivity contribution in [3.63, 3.8) is 0 Å². The number of hydrogen-bond donors (Lipinski definition) is 0. The minimum Gasteiger partial charge on any atom is -0.502 e. The highest BCUT2D eigenvalue weighted by Crippen LogP contribution is 2.31. The molecular formula is C82H102O16. The van der Waals surface area contributed by atoms with E-state index in [4.69, 9.17) is 56.8 Å². The van der Waals surface area contributed by atoms with Crippen LogP contribution in [0, 0.1) is 0 Å². The third-order valence-electron chi connectivity index (χ3n) is 16.1. The standard InChI is InChI=1S/C82H102O16/c1-5-87-55-25-15-19-29-59-91-71-43-35-65(36-44-71)79(83)95-75-51-53-77(97-81(85)67-39-47-73(48-40-67)93-61-31-21-17-27-57-89-7-3)69(63-75)33-23-13-11-9-10-12-14-24-34-70-64-76(96-80(84)66-37-45-72(46-38-66)92-60-30-20-16-26-56-88-6-2)52-54-78(70)98-82(86)68-41-49-74(50-42-68)94-62-32-22-18-28-58-90-8-4/h5-8,35-54,63-64H,1-4,9-34,55-62H2. The van der Waals surface area contributed by atoms with Crippen molar-refractivity contribution in [2.75, 3.05) is 52.9 Å². The monoisotopic (exact) mass is 1340 g/mol. The van der Waals surface area contributed by atoms with Crippen LogP contribution in [0.4, 0.5) is 0 Å². The van der Waals surface area contributed by atoms with Crippen molar-refractivity contribution in [1.29, 1.82) is 0 Å². The van der Waals surface area contributed by atoms with Crippen molar-refractivity contribution < 1.29 is 76.0 Å². The molecule has 16 heteroatoms. The normalized spacial score (nSPS) is 10.7. The number of benzene rings is 6. The Labute approximate surface area is 581 Å². The van der Waals surface area contributed by atoms with Gasteiger partial charge in [-0.2, -0.15) is 0 Å². The molecule has 98 heavy (non-hydrogen) atoms. The number of esters is 4. The molecule has 0 aromatic heterocycles. The van der Waals surface area contributed by atoms with Crippen molar-refractivity contribution in [2.24, 2.45) is 0 Å². The first-order chi connectivity index (χ1) is 48.2. The van der Waals surface area contributed by atoms with Crippen LogP contribution >= 0.6 is 0 Å². The molecule has 16 nitrogen and oxygen atoms in total. The Balaban J connectivity index is 1.01. The van der Waals surface area contributed by atoms with Crippen LogP contribution in [-0.4, -0.2) is 76.7 Å². The number of carbonyl (C=O) groups is 4. The van der Waals surface area contributed by atoms with Crippen LogP contribution < -0.4 is 37.9 Å². The molecule has 0 amide bonds. The first kappa shape index (κ1) is 77.6. The van der Waals surface area contributed by atoms with Gasteiger partial charge in [-0.1, -0.05) is 64.8 Å². The van der Waals surface area contributed by atoms with E-state index in [-0.39, 0.29) is 0 Å². The first-order valence-electron chi connectivity index (χ1n) is 35.1. The number of hydrogen-bond acceptors (Lipinski definition) is 16. The predicted molar refractivity (Wildman–Crippen MR) is 383 cm³/mol. The molecule has 0 saturated heterocycles. The van der Waals surface area contributed by atoms with Crippen molar-refractivity contribution >= 4 is 23.9 Å². The topological polar surface area (TPSA) is 179 Å². The summed E-state index contributed by atoms with van der Waals surface area (Å²) in [7, 11) is 0. The summed E-state index contributed by atoms with van der Waals surface area (Å²) in [5.41, 5.74) is 3.00. The molecule has 0 saturated carbocycles. The maximum Gasteiger partial charge on any atom is 0.343 e. The van der Waals surface area contributed by atoms with Gasteiger partial charge in [0.05, 0.1) is 100 Å². The van der Waals surface area contributed by atoms with E-state index < -0.39 is 23.9 Å². The highest BCUT2D eigenvalue weighted by Gasteiger charge is 2.19. The second kappa shape index (κ2) is 48.3. The number of carbonyl (C=O) groups excluding carboxylic acids is 4. The lowest BCUT2D eigenvalue weighted by Gasteiger charge is -2.13. The molecule has 0 aliphatic rings. The fourth-order valence-electron chi connectivity index (χ4n) is 10.6. The average Bonchev–Trinajstić information content (AvgIpc) is 0.874. The average molecular weight is 1340 g/mol. The molecule has 0 radical (unpaired) electrons. The molecule has 0 N–H and O–H groups in total. The molecule has 6 aromatic rings. The van der Waals surface area contributed by atoms with Crippen LogP contribution in [-0.2, 0) is 31.8 Å². The van der Waals surface area contributed by atoms with Gasteiger partial charge in [0, 0.05) is 0 Å². The van der Waals surface area contributed by atoms with Crippen molar-refractivity contribution in [2.45, 2.75) is 167 Å². The van der Waals surface area contributed by atoms with E-state index in [0.717, 1.165) is 165 Å². The summed E-state index contributed by atoms with van der Waals surface area (Å²) < 4.78 is 68.4. The van der Waals surface area contributed by atoms with E-state index in [2.05, 4.69) is 26.3 Å². The Bertz CT molecular complexity index is 3050. The summed E-state index contributed by atoms with van der Waals surface area (Å²) in [5.74, 6) is 2.09.